The number of carbonyl (C=O) groups excluding carboxylic acids is 1. The highest BCUT2D eigenvalue weighted by Gasteiger charge is 2.29. The smallest absolute Gasteiger partial charge is 0.321 e. The lowest BCUT2D eigenvalue weighted by molar-refractivity contribution is 0.249. The van der Waals surface area contributed by atoms with Gasteiger partial charge in [0.2, 0.25) is 0 Å². The van der Waals surface area contributed by atoms with Crippen molar-refractivity contribution in [1.82, 2.24) is 5.32 Å². The molecule has 3 rings (SSSR count). The van der Waals surface area contributed by atoms with Crippen LogP contribution in [0.2, 0.25) is 0 Å². The second kappa shape index (κ2) is 6.44. The van der Waals surface area contributed by atoms with Crippen molar-refractivity contribution in [2.24, 2.45) is 9.98 Å². The number of benzene rings is 1. The minimum atomic E-state index is -0.615. The summed E-state index contributed by atoms with van der Waals surface area (Å²) in [6.45, 7) is 0.989. The van der Waals surface area contributed by atoms with Crippen molar-refractivity contribution in [3.8, 4) is 11.8 Å². The van der Waals surface area contributed by atoms with E-state index < -0.39 is 6.04 Å². The molecule has 122 valence electrons. The standard InChI is InChI=1S/C16H16N6O2/c1-18-16(23)21(2)11-3-4-15-13(7-11)22(5-6-24-15)14(8-17)12-9-19-10-20-12/h3-4,7,10,14H,5-6H2,1-2H3,(H,18,23). The van der Waals surface area contributed by atoms with Gasteiger partial charge < -0.3 is 15.0 Å². The number of amides is 2. The number of nitriles is 1. The number of urea groups is 1. The molecule has 0 saturated heterocycles. The van der Waals surface area contributed by atoms with E-state index in [0.29, 0.717) is 30.3 Å². The molecule has 1 unspecified atom stereocenters. The number of nitrogens with one attached hydrogen (secondary N) is 1. The van der Waals surface area contributed by atoms with Crippen LogP contribution < -0.4 is 19.9 Å². The summed E-state index contributed by atoms with van der Waals surface area (Å²) in [7, 11) is 3.25. The quantitative estimate of drug-likeness (QED) is 0.902. The molecule has 1 aromatic carbocycles. The summed E-state index contributed by atoms with van der Waals surface area (Å²) in [5, 5.41) is 12.2. The van der Waals surface area contributed by atoms with Gasteiger partial charge in [-0.3, -0.25) is 4.90 Å². The van der Waals surface area contributed by atoms with Crippen molar-refractivity contribution in [2.45, 2.75) is 6.04 Å². The average Bonchev–Trinajstić information content (AvgIpc) is 3.15. The van der Waals surface area contributed by atoms with Gasteiger partial charge in [0.25, 0.3) is 0 Å². The van der Waals surface area contributed by atoms with Crippen LogP contribution in [0.1, 0.15) is 0 Å². The van der Waals surface area contributed by atoms with Crippen molar-refractivity contribution < 1.29 is 9.53 Å². The molecule has 8 nitrogen and oxygen atoms in total. The van der Waals surface area contributed by atoms with Crippen molar-refractivity contribution in [3.05, 3.63) is 23.9 Å². The van der Waals surface area contributed by atoms with Gasteiger partial charge in [0, 0.05) is 25.7 Å². The van der Waals surface area contributed by atoms with Crippen LogP contribution in [0.25, 0.3) is 0 Å². The molecule has 2 aliphatic rings. The van der Waals surface area contributed by atoms with E-state index in [1.807, 2.05) is 11.0 Å². The molecule has 24 heavy (non-hydrogen) atoms. The third-order valence-electron chi connectivity index (χ3n) is 3.87. The predicted octanol–water partition coefficient (Wildman–Crippen LogP) is 1.15. The number of carbonyl (C=O) groups is 1. The zero-order valence-electron chi connectivity index (χ0n) is 13.4. The van der Waals surface area contributed by atoms with E-state index in [4.69, 9.17) is 4.74 Å². The molecular formula is C16H16N6O2. The van der Waals surface area contributed by atoms with E-state index >= 15 is 0 Å². The molecule has 1 atom stereocenters. The SMILES string of the molecule is CNC(=O)N(C)c1ccc2c(c1)N(C(C#N)C1=C=NC=N1)CCO2. The number of hydrogen-bond donors (Lipinski definition) is 1. The molecule has 1 aromatic rings. The largest absolute Gasteiger partial charge is 0.490 e. The fraction of sp³-hybridized carbons (Fsp3) is 0.312. The Morgan fingerprint density at radius 2 is 2.42 bits per heavy atom. The Labute approximate surface area is 139 Å². The summed E-state index contributed by atoms with van der Waals surface area (Å²) < 4.78 is 5.67. The first-order valence-electron chi connectivity index (χ1n) is 7.39. The van der Waals surface area contributed by atoms with Gasteiger partial charge >= 0.3 is 6.03 Å². The molecule has 0 aromatic heterocycles. The Morgan fingerprint density at radius 3 is 3.08 bits per heavy atom. The van der Waals surface area contributed by atoms with Crippen molar-refractivity contribution in [3.63, 3.8) is 0 Å². The number of anilines is 2. The number of ether oxygens (including phenoxy) is 1. The molecule has 8 heteroatoms. The zero-order chi connectivity index (χ0) is 17.1. The lowest BCUT2D eigenvalue weighted by Gasteiger charge is -2.34. The first-order chi connectivity index (χ1) is 11.7. The van der Waals surface area contributed by atoms with Crippen molar-refractivity contribution in [1.29, 1.82) is 5.26 Å². The molecule has 2 aliphatic heterocycles. The van der Waals surface area contributed by atoms with Crippen molar-refractivity contribution >= 4 is 29.6 Å². The summed E-state index contributed by atoms with van der Waals surface area (Å²) in [6.07, 6.45) is 1.37. The van der Waals surface area contributed by atoms with Crippen LogP contribution in [0.4, 0.5) is 16.2 Å². The Morgan fingerprint density at radius 1 is 1.58 bits per heavy atom. The number of fused-ring (bicyclic) bond motifs is 1. The normalized spacial score (nSPS) is 15.9. The van der Waals surface area contributed by atoms with E-state index in [2.05, 4.69) is 27.2 Å². The third kappa shape index (κ3) is 2.69. The van der Waals surface area contributed by atoms with Crippen LogP contribution in [0.15, 0.2) is 33.9 Å². The molecule has 0 fully saturated rings. The first-order valence-corrected chi connectivity index (χ1v) is 7.39. The van der Waals surface area contributed by atoms with Crippen molar-refractivity contribution in [2.75, 3.05) is 37.0 Å². The highest BCUT2D eigenvalue weighted by molar-refractivity contribution is 5.92. The number of hydrogen-bond acceptors (Lipinski definition) is 6. The number of aliphatic imine (C=N–C) groups is 2. The first kappa shape index (κ1) is 15.6. The maximum atomic E-state index is 11.8. The van der Waals surface area contributed by atoms with Gasteiger partial charge in [-0.05, 0) is 18.2 Å². The second-order valence-electron chi connectivity index (χ2n) is 5.21. The Balaban J connectivity index is 1.99. The minimum Gasteiger partial charge on any atom is -0.490 e. The Bertz CT molecular complexity index is 803. The van der Waals surface area contributed by atoms with Gasteiger partial charge in [-0.25, -0.2) is 9.79 Å². The van der Waals surface area contributed by atoms with Gasteiger partial charge in [-0.15, -0.1) is 0 Å². The van der Waals surface area contributed by atoms with E-state index in [-0.39, 0.29) is 6.03 Å². The summed E-state index contributed by atoms with van der Waals surface area (Å²) >= 11 is 0. The fourth-order valence-corrected chi connectivity index (χ4v) is 2.61. The Hall–Kier alpha value is -3.30. The van der Waals surface area contributed by atoms with Crippen LogP contribution in [-0.2, 0) is 0 Å². The van der Waals surface area contributed by atoms with Crippen LogP contribution >= 0.6 is 0 Å². The molecule has 0 bridgehead atoms. The Kier molecular flexibility index (Phi) is 4.18. The molecule has 0 aliphatic carbocycles. The summed E-state index contributed by atoms with van der Waals surface area (Å²) in [6, 6.07) is 6.81. The van der Waals surface area contributed by atoms with Gasteiger partial charge in [-0.1, -0.05) is 0 Å². The van der Waals surface area contributed by atoms with E-state index in [1.165, 1.54) is 11.2 Å². The maximum Gasteiger partial charge on any atom is 0.321 e. The molecule has 1 N–H and O–H groups in total. The number of rotatable bonds is 3. The zero-order valence-corrected chi connectivity index (χ0v) is 13.4. The second-order valence-corrected chi connectivity index (χ2v) is 5.21. The van der Waals surface area contributed by atoms with Gasteiger partial charge in [0.15, 0.2) is 6.04 Å². The van der Waals surface area contributed by atoms with Gasteiger partial charge in [-0.2, -0.15) is 10.3 Å². The predicted molar refractivity (Wildman–Crippen MR) is 91.0 cm³/mol. The third-order valence-corrected chi connectivity index (χ3v) is 3.87. The highest BCUT2D eigenvalue weighted by atomic mass is 16.5. The van der Waals surface area contributed by atoms with Crippen LogP contribution in [0, 0.1) is 11.3 Å². The van der Waals surface area contributed by atoms with E-state index in [1.54, 1.807) is 26.2 Å². The lowest BCUT2D eigenvalue weighted by atomic mass is 10.1. The van der Waals surface area contributed by atoms with Crippen LogP contribution in [0.5, 0.6) is 5.75 Å². The van der Waals surface area contributed by atoms with Crippen LogP contribution in [0.3, 0.4) is 0 Å². The topological polar surface area (TPSA) is 93.3 Å². The molecule has 0 spiro atoms. The highest BCUT2D eigenvalue weighted by Crippen LogP contribution is 2.37. The molecular weight excluding hydrogens is 308 g/mol. The minimum absolute atomic E-state index is 0.231. The molecule has 0 saturated carbocycles. The van der Waals surface area contributed by atoms with Gasteiger partial charge in [0.05, 0.1) is 18.3 Å². The summed E-state index contributed by atoms with van der Waals surface area (Å²) in [4.78, 5) is 23.1. The summed E-state index contributed by atoms with van der Waals surface area (Å²) in [5.41, 5.74) is 1.89. The fourth-order valence-electron chi connectivity index (χ4n) is 2.61. The molecule has 2 amide bonds. The van der Waals surface area contributed by atoms with E-state index in [9.17, 15) is 10.1 Å². The summed E-state index contributed by atoms with van der Waals surface area (Å²) in [5.74, 6) is 3.40. The molecule has 2 heterocycles. The van der Waals surface area contributed by atoms with Gasteiger partial charge in [0.1, 0.15) is 24.4 Å². The average molecular weight is 324 g/mol. The van der Waals surface area contributed by atoms with Crippen LogP contribution in [-0.4, -0.2) is 51.5 Å². The monoisotopic (exact) mass is 324 g/mol. The molecule has 0 radical (unpaired) electrons. The number of nitrogens with zero attached hydrogens (tertiary/aromatic N) is 5. The van der Waals surface area contributed by atoms with E-state index in [0.717, 1.165) is 5.69 Å². The maximum absolute atomic E-state index is 11.8. The lowest BCUT2D eigenvalue weighted by Crippen LogP contribution is -2.41.